The zero-order valence-electron chi connectivity index (χ0n) is 8.98. The number of hydrogen-bond acceptors (Lipinski definition) is 0. The maximum Gasteiger partial charge on any atom is -0.0404 e. The van der Waals surface area contributed by atoms with Crippen molar-refractivity contribution in [1.29, 1.82) is 0 Å². The molecule has 0 aliphatic heterocycles. The molecule has 0 saturated carbocycles. The highest BCUT2D eigenvalue weighted by atomic mass is 13.8. The molecule has 12 heavy (non-hydrogen) atoms. The molecule has 0 aliphatic rings. The van der Waals surface area contributed by atoms with Crippen LogP contribution in [0.2, 0.25) is 0 Å². The fourth-order valence-electron chi connectivity index (χ4n) is 0.285. The Labute approximate surface area is 77.7 Å². The van der Waals surface area contributed by atoms with Gasteiger partial charge in [-0.25, -0.2) is 0 Å². The summed E-state index contributed by atoms with van der Waals surface area (Å²) in [5.41, 5.74) is 2.13. The molecule has 0 nitrogen and oxygen atoms in total. The molecule has 0 N–H and O–H groups in total. The molecule has 0 aliphatic carbocycles. The standard InChI is InChI=1S/C8H12.C4H10/c1-7(2)5-6-8(3)4;1-3-4-2/h5-6H,1,3H2,2,4H3;3-4H2,1-2H3/b6-5-;. The van der Waals surface area contributed by atoms with Gasteiger partial charge in [0.25, 0.3) is 0 Å². The Morgan fingerprint density at radius 2 is 1.17 bits per heavy atom. The monoisotopic (exact) mass is 166 g/mol. The Bertz CT molecular complexity index is 131. The van der Waals surface area contributed by atoms with Crippen LogP contribution in [0.5, 0.6) is 0 Å². The Hall–Kier alpha value is -0.780. The lowest BCUT2D eigenvalue weighted by Gasteiger charge is -1.84. The van der Waals surface area contributed by atoms with Crippen LogP contribution in [0.4, 0.5) is 0 Å². The minimum atomic E-state index is 1.06. The minimum absolute atomic E-state index is 1.06. The van der Waals surface area contributed by atoms with E-state index in [0.29, 0.717) is 0 Å². The van der Waals surface area contributed by atoms with Crippen LogP contribution in [-0.4, -0.2) is 0 Å². The van der Waals surface area contributed by atoms with Crippen molar-refractivity contribution in [3.63, 3.8) is 0 Å². The Morgan fingerprint density at radius 3 is 1.25 bits per heavy atom. The van der Waals surface area contributed by atoms with Crippen molar-refractivity contribution in [2.45, 2.75) is 40.5 Å². The van der Waals surface area contributed by atoms with E-state index in [-0.39, 0.29) is 0 Å². The molecule has 0 spiro atoms. The van der Waals surface area contributed by atoms with Gasteiger partial charge in [-0.15, -0.1) is 0 Å². The average Bonchev–Trinajstić information content (AvgIpc) is 2.01. The first kappa shape index (κ1) is 13.8. The van der Waals surface area contributed by atoms with Crippen LogP contribution < -0.4 is 0 Å². The summed E-state index contributed by atoms with van der Waals surface area (Å²) in [6.45, 7) is 15.7. The van der Waals surface area contributed by atoms with Crippen LogP contribution in [0.15, 0.2) is 36.5 Å². The van der Waals surface area contributed by atoms with Gasteiger partial charge in [-0.1, -0.05) is 63.1 Å². The highest BCUT2D eigenvalue weighted by molar-refractivity contribution is 5.20. The summed E-state index contributed by atoms with van der Waals surface area (Å²) in [6, 6.07) is 0. The summed E-state index contributed by atoms with van der Waals surface area (Å²) >= 11 is 0. The number of allylic oxidation sites excluding steroid dienone is 4. The highest BCUT2D eigenvalue weighted by Crippen LogP contribution is 1.94. The van der Waals surface area contributed by atoms with E-state index >= 15 is 0 Å². The van der Waals surface area contributed by atoms with E-state index in [1.807, 2.05) is 26.0 Å². The van der Waals surface area contributed by atoms with E-state index < -0.39 is 0 Å². The molecule has 0 atom stereocenters. The molecular formula is C12H22. The first-order valence-electron chi connectivity index (χ1n) is 4.53. The molecule has 70 valence electrons. The second kappa shape index (κ2) is 10.2. The summed E-state index contributed by atoms with van der Waals surface area (Å²) in [6.07, 6.45) is 6.53. The van der Waals surface area contributed by atoms with Crippen molar-refractivity contribution in [2.24, 2.45) is 0 Å². The van der Waals surface area contributed by atoms with Crippen molar-refractivity contribution in [2.75, 3.05) is 0 Å². The molecule has 0 heteroatoms. The fraction of sp³-hybridized carbons (Fsp3) is 0.500. The Morgan fingerprint density at radius 1 is 0.917 bits per heavy atom. The summed E-state index contributed by atoms with van der Waals surface area (Å²) in [7, 11) is 0. The Kier molecular flexibility index (Phi) is 11.7. The second-order valence-corrected chi connectivity index (χ2v) is 3.03. The van der Waals surface area contributed by atoms with Gasteiger partial charge >= 0.3 is 0 Å². The molecule has 0 bridgehead atoms. The van der Waals surface area contributed by atoms with E-state index in [0.717, 1.165) is 11.1 Å². The lowest BCUT2D eigenvalue weighted by molar-refractivity contribution is 0.886. The van der Waals surface area contributed by atoms with Gasteiger partial charge in [0.05, 0.1) is 0 Å². The zero-order valence-corrected chi connectivity index (χ0v) is 8.98. The SMILES string of the molecule is C=C(C)/C=C\C(=C)C.CCCC. The molecule has 0 fully saturated rings. The van der Waals surface area contributed by atoms with E-state index in [1.54, 1.807) is 0 Å². The van der Waals surface area contributed by atoms with Gasteiger partial charge in [0.1, 0.15) is 0 Å². The van der Waals surface area contributed by atoms with Crippen molar-refractivity contribution in [3.05, 3.63) is 36.5 Å². The summed E-state index contributed by atoms with van der Waals surface area (Å²) < 4.78 is 0. The van der Waals surface area contributed by atoms with E-state index in [1.165, 1.54) is 12.8 Å². The highest BCUT2D eigenvalue weighted by Gasteiger charge is 1.72. The first-order chi connectivity index (χ1) is 5.54. The third-order valence-corrected chi connectivity index (χ3v) is 1.15. The van der Waals surface area contributed by atoms with Gasteiger partial charge in [0.2, 0.25) is 0 Å². The van der Waals surface area contributed by atoms with Gasteiger partial charge in [-0.2, -0.15) is 0 Å². The maximum atomic E-state index is 3.70. The molecule has 0 amide bonds. The van der Waals surface area contributed by atoms with Crippen molar-refractivity contribution in [1.82, 2.24) is 0 Å². The van der Waals surface area contributed by atoms with Gasteiger partial charge < -0.3 is 0 Å². The minimum Gasteiger partial charge on any atom is -0.0961 e. The summed E-state index contributed by atoms with van der Waals surface area (Å²) in [5, 5.41) is 0. The predicted molar refractivity (Wildman–Crippen MR) is 59.4 cm³/mol. The van der Waals surface area contributed by atoms with Gasteiger partial charge in [-0.05, 0) is 13.8 Å². The average molecular weight is 166 g/mol. The van der Waals surface area contributed by atoms with Gasteiger partial charge in [0, 0.05) is 0 Å². The summed E-state index contributed by atoms with van der Waals surface area (Å²) in [5.74, 6) is 0. The van der Waals surface area contributed by atoms with Crippen molar-refractivity contribution in [3.8, 4) is 0 Å². The molecule has 0 aromatic carbocycles. The molecular weight excluding hydrogens is 144 g/mol. The number of unbranched alkanes of at least 4 members (excludes halogenated alkanes) is 1. The molecule has 0 heterocycles. The maximum absolute atomic E-state index is 3.70. The lowest BCUT2D eigenvalue weighted by Crippen LogP contribution is -1.62. The molecule has 0 unspecified atom stereocenters. The van der Waals surface area contributed by atoms with E-state index in [2.05, 4.69) is 27.0 Å². The second-order valence-electron chi connectivity index (χ2n) is 3.03. The third kappa shape index (κ3) is 22.9. The Balaban J connectivity index is 0. The summed E-state index contributed by atoms with van der Waals surface area (Å²) in [4.78, 5) is 0. The molecule has 0 saturated heterocycles. The lowest BCUT2D eigenvalue weighted by atomic mass is 10.2. The third-order valence-electron chi connectivity index (χ3n) is 1.15. The topological polar surface area (TPSA) is 0 Å². The number of rotatable bonds is 3. The van der Waals surface area contributed by atoms with E-state index in [4.69, 9.17) is 0 Å². The predicted octanol–water partition coefficient (Wildman–Crippen LogP) is 4.50. The zero-order chi connectivity index (χ0) is 9.98. The van der Waals surface area contributed by atoms with Crippen LogP contribution in [0.25, 0.3) is 0 Å². The molecule has 0 radical (unpaired) electrons. The smallest absolute Gasteiger partial charge is 0.0404 e. The van der Waals surface area contributed by atoms with Crippen molar-refractivity contribution >= 4 is 0 Å². The van der Waals surface area contributed by atoms with Crippen molar-refractivity contribution < 1.29 is 0 Å². The largest absolute Gasteiger partial charge is 0.0961 e. The van der Waals surface area contributed by atoms with E-state index in [9.17, 15) is 0 Å². The quantitative estimate of drug-likeness (QED) is 0.541. The van der Waals surface area contributed by atoms with Crippen LogP contribution in [0.3, 0.4) is 0 Å². The first-order valence-corrected chi connectivity index (χ1v) is 4.53. The van der Waals surface area contributed by atoms with Crippen LogP contribution >= 0.6 is 0 Å². The van der Waals surface area contributed by atoms with Crippen LogP contribution in [-0.2, 0) is 0 Å². The van der Waals surface area contributed by atoms with Crippen LogP contribution in [0.1, 0.15) is 40.5 Å². The molecule has 0 rings (SSSR count). The van der Waals surface area contributed by atoms with Crippen LogP contribution in [0, 0.1) is 0 Å². The fourth-order valence-corrected chi connectivity index (χ4v) is 0.285. The number of hydrogen-bond donors (Lipinski definition) is 0. The molecule has 0 aromatic rings. The normalized spacial score (nSPS) is 9.00. The van der Waals surface area contributed by atoms with Gasteiger partial charge in [-0.3, -0.25) is 0 Å². The van der Waals surface area contributed by atoms with Gasteiger partial charge in [0.15, 0.2) is 0 Å². The molecule has 0 aromatic heterocycles.